The molecule has 1 atom stereocenters. The Kier molecular flexibility index (Phi) is 7.85. The smallest absolute Gasteiger partial charge is 0.242 e. The Morgan fingerprint density at radius 2 is 1.67 bits per heavy atom. The van der Waals surface area contributed by atoms with Crippen molar-refractivity contribution in [2.75, 3.05) is 12.8 Å². The second-order valence-corrected chi connectivity index (χ2v) is 7.40. The van der Waals surface area contributed by atoms with Crippen LogP contribution in [0.15, 0.2) is 48.5 Å². The van der Waals surface area contributed by atoms with Crippen molar-refractivity contribution in [2.45, 2.75) is 32.2 Å². The number of rotatable bonds is 8. The van der Waals surface area contributed by atoms with E-state index >= 15 is 0 Å². The van der Waals surface area contributed by atoms with E-state index < -0.39 is 6.04 Å². The van der Waals surface area contributed by atoms with Crippen LogP contribution in [0.3, 0.4) is 0 Å². The zero-order chi connectivity index (χ0) is 19.8. The number of aryl methyl sites for hydroxylation is 1. The van der Waals surface area contributed by atoms with Crippen molar-refractivity contribution < 1.29 is 14.0 Å². The standard InChI is InChI=1S/C21H25FN2O2S/c1-15-4-6-17(7-5-15)12-24(16(2)21(26)23-3)20(25)14-27-13-18-8-10-19(22)11-9-18/h4-11,16H,12-14H2,1-3H3,(H,23,26)/t16-/m1/s1. The van der Waals surface area contributed by atoms with Crippen molar-refractivity contribution in [1.82, 2.24) is 10.2 Å². The molecule has 0 saturated heterocycles. The SMILES string of the molecule is CNC(=O)[C@@H](C)N(Cc1ccc(C)cc1)C(=O)CSCc1ccc(F)cc1. The molecule has 4 nitrogen and oxygen atoms in total. The molecule has 0 heterocycles. The lowest BCUT2D eigenvalue weighted by atomic mass is 10.1. The van der Waals surface area contributed by atoms with E-state index in [2.05, 4.69) is 5.32 Å². The minimum atomic E-state index is -0.560. The summed E-state index contributed by atoms with van der Waals surface area (Å²) in [5, 5.41) is 2.61. The van der Waals surface area contributed by atoms with Crippen molar-refractivity contribution in [3.8, 4) is 0 Å². The predicted octanol–water partition coefficient (Wildman–Crippen LogP) is 3.53. The van der Waals surface area contributed by atoms with Crippen molar-refractivity contribution in [1.29, 1.82) is 0 Å². The van der Waals surface area contributed by atoms with Gasteiger partial charge < -0.3 is 10.2 Å². The highest BCUT2D eigenvalue weighted by molar-refractivity contribution is 7.99. The van der Waals surface area contributed by atoms with E-state index in [1.54, 1.807) is 31.0 Å². The Balaban J connectivity index is 2.02. The Morgan fingerprint density at radius 3 is 2.26 bits per heavy atom. The van der Waals surface area contributed by atoms with Crippen LogP contribution in [0.4, 0.5) is 4.39 Å². The number of hydrogen-bond donors (Lipinski definition) is 1. The van der Waals surface area contributed by atoms with Crippen LogP contribution in [-0.2, 0) is 21.9 Å². The van der Waals surface area contributed by atoms with Crippen LogP contribution in [0.1, 0.15) is 23.6 Å². The average Bonchev–Trinajstić information content (AvgIpc) is 2.67. The van der Waals surface area contributed by atoms with E-state index in [0.29, 0.717) is 12.3 Å². The molecule has 0 aliphatic carbocycles. The quantitative estimate of drug-likeness (QED) is 0.753. The average molecular weight is 389 g/mol. The van der Waals surface area contributed by atoms with Gasteiger partial charge in [0, 0.05) is 19.3 Å². The number of hydrogen-bond acceptors (Lipinski definition) is 3. The molecule has 0 spiro atoms. The summed E-state index contributed by atoms with van der Waals surface area (Å²) in [4.78, 5) is 26.5. The van der Waals surface area contributed by atoms with E-state index in [9.17, 15) is 14.0 Å². The van der Waals surface area contributed by atoms with Gasteiger partial charge in [-0.2, -0.15) is 0 Å². The summed E-state index contributed by atoms with van der Waals surface area (Å²) >= 11 is 1.45. The third kappa shape index (κ3) is 6.40. The summed E-state index contributed by atoms with van der Waals surface area (Å²) in [5.41, 5.74) is 3.08. The second-order valence-electron chi connectivity index (χ2n) is 6.42. The molecule has 144 valence electrons. The summed E-state index contributed by atoms with van der Waals surface area (Å²) in [5.74, 6) is 0.296. The first-order valence-corrected chi connectivity index (χ1v) is 9.95. The molecule has 0 unspecified atom stereocenters. The third-order valence-electron chi connectivity index (χ3n) is 4.29. The van der Waals surface area contributed by atoms with Crippen LogP contribution in [0, 0.1) is 12.7 Å². The third-order valence-corrected chi connectivity index (χ3v) is 5.28. The highest BCUT2D eigenvalue weighted by Crippen LogP contribution is 2.16. The van der Waals surface area contributed by atoms with Crippen LogP contribution in [0.2, 0.25) is 0 Å². The molecular formula is C21H25FN2O2S. The maximum Gasteiger partial charge on any atom is 0.242 e. The molecular weight excluding hydrogens is 363 g/mol. The maximum atomic E-state index is 13.0. The van der Waals surface area contributed by atoms with Gasteiger partial charge in [-0.1, -0.05) is 42.0 Å². The van der Waals surface area contributed by atoms with E-state index in [0.717, 1.165) is 16.7 Å². The fourth-order valence-electron chi connectivity index (χ4n) is 2.60. The zero-order valence-corrected chi connectivity index (χ0v) is 16.7. The highest BCUT2D eigenvalue weighted by Gasteiger charge is 2.25. The number of likely N-dealkylation sites (N-methyl/N-ethyl adjacent to an activating group) is 1. The molecule has 2 aromatic rings. The first-order valence-electron chi connectivity index (χ1n) is 8.79. The van der Waals surface area contributed by atoms with Gasteiger partial charge in [0.15, 0.2) is 0 Å². The minimum absolute atomic E-state index is 0.0983. The van der Waals surface area contributed by atoms with Gasteiger partial charge in [0.1, 0.15) is 11.9 Å². The Bertz CT molecular complexity index is 763. The lowest BCUT2D eigenvalue weighted by molar-refractivity contribution is -0.138. The fraction of sp³-hybridized carbons (Fsp3) is 0.333. The molecule has 2 rings (SSSR count). The number of benzene rings is 2. The monoisotopic (exact) mass is 388 g/mol. The molecule has 0 aliphatic rings. The Morgan fingerprint density at radius 1 is 1.07 bits per heavy atom. The van der Waals surface area contributed by atoms with Crippen molar-refractivity contribution >= 4 is 23.6 Å². The summed E-state index contributed by atoms with van der Waals surface area (Å²) < 4.78 is 13.0. The van der Waals surface area contributed by atoms with Crippen LogP contribution in [0.25, 0.3) is 0 Å². The molecule has 27 heavy (non-hydrogen) atoms. The lowest BCUT2D eigenvalue weighted by Gasteiger charge is -2.28. The first-order chi connectivity index (χ1) is 12.9. The van der Waals surface area contributed by atoms with Crippen LogP contribution >= 0.6 is 11.8 Å². The van der Waals surface area contributed by atoms with E-state index in [4.69, 9.17) is 0 Å². The van der Waals surface area contributed by atoms with Gasteiger partial charge in [0.25, 0.3) is 0 Å². The topological polar surface area (TPSA) is 49.4 Å². The number of thioether (sulfide) groups is 1. The predicted molar refractivity (Wildman–Crippen MR) is 108 cm³/mol. The second kappa shape index (κ2) is 10.1. The number of carbonyl (C=O) groups is 2. The first kappa shape index (κ1) is 21.0. The fourth-order valence-corrected chi connectivity index (χ4v) is 3.47. The number of halogens is 1. The van der Waals surface area contributed by atoms with E-state index in [1.807, 2.05) is 31.2 Å². The van der Waals surface area contributed by atoms with Gasteiger partial charge >= 0.3 is 0 Å². The van der Waals surface area contributed by atoms with Gasteiger partial charge in [-0.3, -0.25) is 9.59 Å². The van der Waals surface area contributed by atoms with Gasteiger partial charge in [-0.25, -0.2) is 4.39 Å². The number of amides is 2. The maximum absolute atomic E-state index is 13.0. The molecule has 0 fully saturated rings. The Labute approximate surface area is 164 Å². The van der Waals surface area contributed by atoms with Crippen LogP contribution < -0.4 is 5.32 Å². The largest absolute Gasteiger partial charge is 0.357 e. The molecule has 6 heteroatoms. The van der Waals surface area contributed by atoms with Gasteiger partial charge in [0.05, 0.1) is 5.75 Å². The van der Waals surface area contributed by atoms with Crippen molar-refractivity contribution in [3.05, 3.63) is 71.0 Å². The van der Waals surface area contributed by atoms with Crippen molar-refractivity contribution in [2.24, 2.45) is 0 Å². The zero-order valence-electron chi connectivity index (χ0n) is 15.9. The molecule has 0 saturated carbocycles. The lowest BCUT2D eigenvalue weighted by Crippen LogP contribution is -2.47. The molecule has 0 aromatic heterocycles. The summed E-state index contributed by atoms with van der Waals surface area (Å²) in [6, 6.07) is 13.6. The van der Waals surface area contributed by atoms with Crippen LogP contribution in [-0.4, -0.2) is 35.6 Å². The minimum Gasteiger partial charge on any atom is -0.357 e. The normalized spacial score (nSPS) is 11.7. The van der Waals surface area contributed by atoms with Gasteiger partial charge in [-0.15, -0.1) is 11.8 Å². The summed E-state index contributed by atoms with van der Waals surface area (Å²) in [6.45, 7) is 4.12. The molecule has 2 amide bonds. The van der Waals surface area contributed by atoms with Gasteiger partial charge in [-0.05, 0) is 37.1 Å². The number of nitrogens with one attached hydrogen (secondary N) is 1. The molecule has 2 aromatic carbocycles. The van der Waals surface area contributed by atoms with E-state index in [-0.39, 0.29) is 23.4 Å². The molecule has 0 bridgehead atoms. The van der Waals surface area contributed by atoms with Crippen LogP contribution in [0.5, 0.6) is 0 Å². The van der Waals surface area contributed by atoms with E-state index in [1.165, 1.54) is 23.9 Å². The molecule has 0 aliphatic heterocycles. The summed E-state index contributed by atoms with van der Waals surface area (Å²) in [6.07, 6.45) is 0. The van der Waals surface area contributed by atoms with Gasteiger partial charge in [0.2, 0.25) is 11.8 Å². The number of carbonyl (C=O) groups excluding carboxylic acids is 2. The highest BCUT2D eigenvalue weighted by atomic mass is 32.2. The Hall–Kier alpha value is -2.34. The molecule has 0 radical (unpaired) electrons. The molecule has 1 N–H and O–H groups in total. The number of nitrogens with zero attached hydrogens (tertiary/aromatic N) is 1. The summed E-state index contributed by atoms with van der Waals surface area (Å²) in [7, 11) is 1.57. The van der Waals surface area contributed by atoms with Crippen molar-refractivity contribution in [3.63, 3.8) is 0 Å².